The molecule has 0 bridgehead atoms. The van der Waals surface area contributed by atoms with E-state index in [0.29, 0.717) is 10.7 Å². The molecule has 1 rings (SSSR count). The van der Waals surface area contributed by atoms with E-state index in [4.69, 9.17) is 28.5 Å². The number of benzene rings is 1. The van der Waals surface area contributed by atoms with Crippen molar-refractivity contribution in [3.8, 4) is 6.07 Å². The molecule has 6 heteroatoms. The fourth-order valence-electron chi connectivity index (χ4n) is 0.892. The van der Waals surface area contributed by atoms with Crippen molar-refractivity contribution in [1.82, 2.24) is 0 Å². The lowest BCUT2D eigenvalue weighted by Gasteiger charge is -2.04. The normalized spacial score (nSPS) is 9.13. The molecule has 0 radical (unpaired) electrons. The van der Waals surface area contributed by atoms with Crippen molar-refractivity contribution in [3.05, 3.63) is 28.8 Å². The molecule has 0 aliphatic heterocycles. The van der Waals surface area contributed by atoms with E-state index in [2.05, 4.69) is 10.1 Å². The number of nitrogens with one attached hydrogen (secondary N) is 1. The van der Waals surface area contributed by atoms with Crippen molar-refractivity contribution in [2.75, 3.05) is 11.4 Å². The average molecular weight is 245 g/mol. The predicted octanol–water partition coefficient (Wildman–Crippen LogP) is 2.96. The van der Waals surface area contributed by atoms with Gasteiger partial charge in [0.1, 0.15) is 6.07 Å². The zero-order valence-electron chi connectivity index (χ0n) is 7.46. The maximum Gasteiger partial charge on any atom is 0.412 e. The van der Waals surface area contributed by atoms with Crippen LogP contribution in [-0.2, 0) is 4.74 Å². The van der Waals surface area contributed by atoms with Crippen LogP contribution in [0.1, 0.15) is 5.56 Å². The van der Waals surface area contributed by atoms with Crippen LogP contribution >= 0.6 is 23.2 Å². The highest BCUT2D eigenvalue weighted by atomic mass is 35.5. The molecule has 1 amide bonds. The Morgan fingerprint density at radius 1 is 1.60 bits per heavy atom. The van der Waals surface area contributed by atoms with Gasteiger partial charge >= 0.3 is 6.09 Å². The Kier molecular flexibility index (Phi) is 4.22. The number of rotatable bonds is 2. The van der Waals surface area contributed by atoms with Crippen LogP contribution < -0.4 is 5.32 Å². The second kappa shape index (κ2) is 5.44. The molecular weight excluding hydrogens is 239 g/mol. The minimum Gasteiger partial charge on any atom is -0.433 e. The lowest BCUT2D eigenvalue weighted by molar-refractivity contribution is 0.180. The summed E-state index contributed by atoms with van der Waals surface area (Å²) in [4.78, 5) is 11.0. The molecule has 4 nitrogen and oxygen atoms in total. The number of hydrogen-bond donors (Lipinski definition) is 1. The SMILES string of the molecule is N#Cc1cc(NC(=O)OCCl)ccc1Cl. The van der Waals surface area contributed by atoms with Gasteiger partial charge < -0.3 is 4.74 Å². The highest BCUT2D eigenvalue weighted by molar-refractivity contribution is 6.31. The van der Waals surface area contributed by atoms with Crippen molar-refractivity contribution in [3.63, 3.8) is 0 Å². The quantitative estimate of drug-likeness (QED) is 0.814. The maximum absolute atomic E-state index is 11.0. The Morgan fingerprint density at radius 2 is 2.33 bits per heavy atom. The van der Waals surface area contributed by atoms with Gasteiger partial charge in [-0.25, -0.2) is 4.79 Å². The summed E-state index contributed by atoms with van der Waals surface area (Å²) in [6.45, 7) is 0. The minimum absolute atomic E-state index is 0.232. The number of alkyl halides is 1. The fraction of sp³-hybridized carbons (Fsp3) is 0.111. The molecule has 0 spiro atoms. The Labute approximate surface area is 96.4 Å². The summed E-state index contributed by atoms with van der Waals surface area (Å²) >= 11 is 10.9. The summed E-state index contributed by atoms with van der Waals surface area (Å²) in [6.07, 6.45) is -0.684. The van der Waals surface area contributed by atoms with E-state index in [0.717, 1.165) is 0 Å². The largest absolute Gasteiger partial charge is 0.433 e. The molecular formula is C9H6Cl2N2O2. The Morgan fingerprint density at radius 3 is 2.93 bits per heavy atom. The second-order valence-electron chi connectivity index (χ2n) is 2.47. The van der Waals surface area contributed by atoms with Crippen LogP contribution in [0.3, 0.4) is 0 Å². The molecule has 15 heavy (non-hydrogen) atoms. The number of ether oxygens (including phenoxy) is 1. The van der Waals surface area contributed by atoms with Gasteiger partial charge in [-0.15, -0.1) is 0 Å². The van der Waals surface area contributed by atoms with E-state index in [-0.39, 0.29) is 11.6 Å². The van der Waals surface area contributed by atoms with E-state index in [1.54, 1.807) is 6.07 Å². The van der Waals surface area contributed by atoms with Crippen molar-refractivity contribution >= 4 is 35.0 Å². The van der Waals surface area contributed by atoms with Crippen LogP contribution in [-0.4, -0.2) is 12.2 Å². The monoisotopic (exact) mass is 244 g/mol. The molecule has 1 N–H and O–H groups in total. The molecule has 0 fully saturated rings. The van der Waals surface area contributed by atoms with Crippen LogP contribution in [0, 0.1) is 11.3 Å². The minimum atomic E-state index is -0.684. The standard InChI is InChI=1S/C9H6Cl2N2O2/c10-5-15-9(14)13-7-1-2-8(11)6(3-7)4-12/h1-3H,5H2,(H,13,14). The number of carbonyl (C=O) groups excluding carboxylic acids is 1. The first-order valence-electron chi connectivity index (χ1n) is 3.86. The van der Waals surface area contributed by atoms with E-state index < -0.39 is 6.09 Å². The summed E-state index contributed by atoms with van der Waals surface area (Å²) in [5.41, 5.74) is 0.700. The molecule has 0 saturated heterocycles. The summed E-state index contributed by atoms with van der Waals surface area (Å²) in [6, 6.07) is 6.17. The van der Waals surface area contributed by atoms with Gasteiger partial charge in [-0.2, -0.15) is 5.26 Å². The number of nitriles is 1. The lowest BCUT2D eigenvalue weighted by atomic mass is 10.2. The molecule has 0 heterocycles. The van der Waals surface area contributed by atoms with Crippen LogP contribution in [0.4, 0.5) is 10.5 Å². The first kappa shape index (κ1) is 11.6. The van der Waals surface area contributed by atoms with Crippen molar-refractivity contribution in [1.29, 1.82) is 5.26 Å². The molecule has 0 saturated carbocycles. The number of nitrogens with zero attached hydrogens (tertiary/aromatic N) is 1. The van der Waals surface area contributed by atoms with Gasteiger partial charge in [-0.3, -0.25) is 5.32 Å². The molecule has 0 aliphatic carbocycles. The molecule has 78 valence electrons. The number of carbonyl (C=O) groups is 1. The molecule has 0 aromatic heterocycles. The Balaban J connectivity index is 2.80. The molecule has 1 aromatic carbocycles. The highest BCUT2D eigenvalue weighted by Gasteiger charge is 2.05. The van der Waals surface area contributed by atoms with Gasteiger partial charge in [0, 0.05) is 5.69 Å². The van der Waals surface area contributed by atoms with E-state index in [1.807, 2.05) is 6.07 Å². The second-order valence-corrected chi connectivity index (χ2v) is 3.10. The first-order valence-corrected chi connectivity index (χ1v) is 4.78. The summed E-state index contributed by atoms with van der Waals surface area (Å²) in [7, 11) is 0. The molecule has 0 aliphatic rings. The lowest BCUT2D eigenvalue weighted by Crippen LogP contribution is -2.12. The van der Waals surface area contributed by atoms with Crippen molar-refractivity contribution in [2.45, 2.75) is 0 Å². The van der Waals surface area contributed by atoms with Crippen LogP contribution in [0.5, 0.6) is 0 Å². The zero-order valence-corrected chi connectivity index (χ0v) is 8.97. The number of anilines is 1. The molecule has 0 unspecified atom stereocenters. The first-order chi connectivity index (χ1) is 7.17. The van der Waals surface area contributed by atoms with Crippen molar-refractivity contribution < 1.29 is 9.53 Å². The maximum atomic E-state index is 11.0. The summed E-state index contributed by atoms with van der Waals surface area (Å²) in [5, 5.41) is 11.4. The third-order valence-electron chi connectivity index (χ3n) is 1.52. The van der Waals surface area contributed by atoms with Gasteiger partial charge in [0.15, 0.2) is 6.07 Å². The third kappa shape index (κ3) is 3.31. The smallest absolute Gasteiger partial charge is 0.412 e. The van der Waals surface area contributed by atoms with Gasteiger partial charge in [0.2, 0.25) is 0 Å². The highest BCUT2D eigenvalue weighted by Crippen LogP contribution is 2.19. The van der Waals surface area contributed by atoms with E-state index in [1.165, 1.54) is 12.1 Å². The van der Waals surface area contributed by atoms with Crippen molar-refractivity contribution in [2.24, 2.45) is 0 Å². The van der Waals surface area contributed by atoms with E-state index in [9.17, 15) is 4.79 Å². The van der Waals surface area contributed by atoms with Crippen LogP contribution in [0.2, 0.25) is 5.02 Å². The van der Waals surface area contributed by atoms with Gasteiger partial charge in [0.05, 0.1) is 10.6 Å². The van der Waals surface area contributed by atoms with E-state index >= 15 is 0 Å². The number of halogens is 2. The third-order valence-corrected chi connectivity index (χ3v) is 1.96. The topological polar surface area (TPSA) is 62.1 Å². The van der Waals surface area contributed by atoms with Gasteiger partial charge in [-0.05, 0) is 18.2 Å². The Hall–Kier alpha value is -1.44. The van der Waals surface area contributed by atoms with Gasteiger partial charge in [-0.1, -0.05) is 23.2 Å². The summed E-state index contributed by atoms with van der Waals surface area (Å²) in [5.74, 6) is 0. The average Bonchev–Trinajstić information content (AvgIpc) is 2.21. The fourth-order valence-corrected chi connectivity index (χ4v) is 1.15. The number of hydrogen-bond acceptors (Lipinski definition) is 3. The van der Waals surface area contributed by atoms with Crippen LogP contribution in [0.15, 0.2) is 18.2 Å². The van der Waals surface area contributed by atoms with Crippen LogP contribution in [0.25, 0.3) is 0 Å². The van der Waals surface area contributed by atoms with Gasteiger partial charge in [0.25, 0.3) is 0 Å². The summed E-state index contributed by atoms with van der Waals surface area (Å²) < 4.78 is 4.45. The molecule has 0 atom stereocenters. The molecule has 1 aromatic rings. The predicted molar refractivity (Wildman–Crippen MR) is 57.0 cm³/mol. The Bertz CT molecular complexity index is 415. The number of amides is 1. The zero-order chi connectivity index (χ0) is 11.3.